The third-order valence-electron chi connectivity index (χ3n) is 5.50. The van der Waals surface area contributed by atoms with Gasteiger partial charge in [-0.2, -0.15) is 0 Å². The maximum atomic E-state index is 13.7. The van der Waals surface area contributed by atoms with Crippen LogP contribution in [-0.4, -0.2) is 58.2 Å². The fraction of sp³-hybridized carbons (Fsp3) is 0.385. The first kappa shape index (κ1) is 24.8. The summed E-state index contributed by atoms with van der Waals surface area (Å²) in [4.78, 5) is 11.5. The minimum atomic E-state index is -0.891. The number of hydrogen-bond donors (Lipinski definition) is 3. The molecular formula is C26H32FN3O3. The van der Waals surface area contributed by atoms with Crippen molar-refractivity contribution in [2.75, 3.05) is 25.6 Å². The highest BCUT2D eigenvalue weighted by molar-refractivity contribution is 5.98. The number of nitrogens with zero attached hydrogens (tertiary/aromatic N) is 3. The first-order chi connectivity index (χ1) is 15.7. The van der Waals surface area contributed by atoms with Gasteiger partial charge in [-0.1, -0.05) is 38.1 Å². The molecule has 0 unspecified atom stereocenters. The molecule has 7 heteroatoms. The predicted octanol–water partition coefficient (Wildman–Crippen LogP) is 4.13. The number of halogens is 1. The van der Waals surface area contributed by atoms with Crippen molar-refractivity contribution < 1.29 is 19.7 Å². The van der Waals surface area contributed by atoms with Crippen molar-refractivity contribution in [3.05, 3.63) is 59.5 Å². The molecular weight excluding hydrogens is 421 g/mol. The van der Waals surface area contributed by atoms with Gasteiger partial charge in [-0.05, 0) is 42.2 Å². The van der Waals surface area contributed by atoms with Crippen molar-refractivity contribution in [2.24, 2.45) is 0 Å². The van der Waals surface area contributed by atoms with Gasteiger partial charge in [0.25, 0.3) is 0 Å². The molecule has 176 valence electrons. The Kier molecular flexibility index (Phi) is 8.13. The second-order valence-corrected chi connectivity index (χ2v) is 8.71. The van der Waals surface area contributed by atoms with Crippen LogP contribution in [0.25, 0.3) is 28.2 Å². The number of aliphatic hydroxyl groups excluding tert-OH is 3. The second-order valence-electron chi connectivity index (χ2n) is 8.71. The van der Waals surface area contributed by atoms with Gasteiger partial charge in [0.2, 0.25) is 0 Å². The molecule has 0 aliphatic carbocycles. The molecule has 0 bridgehead atoms. The van der Waals surface area contributed by atoms with Crippen molar-refractivity contribution in [1.82, 2.24) is 9.97 Å². The van der Waals surface area contributed by atoms with Crippen molar-refractivity contribution in [3.8, 4) is 11.1 Å². The zero-order valence-corrected chi connectivity index (χ0v) is 19.5. The lowest BCUT2D eigenvalue weighted by molar-refractivity contribution is 0.0827. The molecule has 0 saturated heterocycles. The number of fused-ring (bicyclic) bond motifs is 1. The van der Waals surface area contributed by atoms with Gasteiger partial charge in [0.05, 0.1) is 17.9 Å². The van der Waals surface area contributed by atoms with Crippen molar-refractivity contribution >= 4 is 22.9 Å². The van der Waals surface area contributed by atoms with Gasteiger partial charge in [0.15, 0.2) is 5.65 Å². The third kappa shape index (κ3) is 5.93. The van der Waals surface area contributed by atoms with Crippen LogP contribution in [0.3, 0.4) is 0 Å². The number of aromatic nitrogens is 2. The monoisotopic (exact) mass is 453 g/mol. The van der Waals surface area contributed by atoms with Crippen LogP contribution in [0.4, 0.5) is 10.2 Å². The van der Waals surface area contributed by atoms with Crippen LogP contribution in [0, 0.1) is 5.82 Å². The minimum absolute atomic E-state index is 0.0650. The third-order valence-corrected chi connectivity index (χ3v) is 5.50. The molecule has 0 fully saturated rings. The molecule has 33 heavy (non-hydrogen) atoms. The Hall–Kier alpha value is -2.87. The predicted molar refractivity (Wildman–Crippen MR) is 131 cm³/mol. The first-order valence-corrected chi connectivity index (χ1v) is 11.1. The van der Waals surface area contributed by atoms with E-state index in [0.717, 1.165) is 33.6 Å². The van der Waals surface area contributed by atoms with Gasteiger partial charge in [-0.3, -0.25) is 0 Å². The number of pyridine rings is 2. The second kappa shape index (κ2) is 10.8. The topological polar surface area (TPSA) is 89.7 Å². The Bertz CT molecular complexity index is 1110. The van der Waals surface area contributed by atoms with E-state index in [9.17, 15) is 14.6 Å². The SMILES string of the molecule is CC(C)c1nc2nc(N(C)C)ccc2c(-c2ccc(F)cc2)c1/C=C/[C@@H](O)C[C@@H](O)CCO. The van der Waals surface area contributed by atoms with Crippen LogP contribution in [0.1, 0.15) is 43.9 Å². The Labute approximate surface area is 194 Å². The van der Waals surface area contributed by atoms with Crippen LogP contribution >= 0.6 is 0 Å². The first-order valence-electron chi connectivity index (χ1n) is 11.1. The Morgan fingerprint density at radius 3 is 2.33 bits per heavy atom. The molecule has 2 aromatic heterocycles. The molecule has 0 radical (unpaired) electrons. The van der Waals surface area contributed by atoms with Gasteiger partial charge < -0.3 is 20.2 Å². The molecule has 6 nitrogen and oxygen atoms in total. The summed E-state index contributed by atoms with van der Waals surface area (Å²) >= 11 is 0. The van der Waals surface area contributed by atoms with E-state index in [4.69, 9.17) is 15.1 Å². The van der Waals surface area contributed by atoms with E-state index < -0.39 is 12.2 Å². The zero-order valence-electron chi connectivity index (χ0n) is 19.5. The summed E-state index contributed by atoms with van der Waals surface area (Å²) in [6.45, 7) is 3.94. The summed E-state index contributed by atoms with van der Waals surface area (Å²) < 4.78 is 13.7. The van der Waals surface area contributed by atoms with Gasteiger partial charge in [-0.25, -0.2) is 14.4 Å². The average Bonchev–Trinajstić information content (AvgIpc) is 2.77. The molecule has 0 saturated carbocycles. The Balaban J connectivity index is 2.21. The molecule has 0 amide bonds. The van der Waals surface area contributed by atoms with Crippen LogP contribution in [0.15, 0.2) is 42.5 Å². The molecule has 3 aromatic rings. The highest BCUT2D eigenvalue weighted by Gasteiger charge is 2.19. The summed E-state index contributed by atoms with van der Waals surface area (Å²) in [6.07, 6.45) is 2.09. The van der Waals surface area contributed by atoms with Crippen LogP contribution in [0.5, 0.6) is 0 Å². The maximum absolute atomic E-state index is 13.7. The van der Waals surface area contributed by atoms with Gasteiger partial charge >= 0.3 is 0 Å². The Morgan fingerprint density at radius 2 is 1.73 bits per heavy atom. The smallest absolute Gasteiger partial charge is 0.162 e. The molecule has 0 spiro atoms. The van der Waals surface area contributed by atoms with Gasteiger partial charge in [-0.15, -0.1) is 0 Å². The van der Waals surface area contributed by atoms with Crippen molar-refractivity contribution in [1.29, 1.82) is 0 Å². The van der Waals surface area contributed by atoms with Crippen molar-refractivity contribution in [3.63, 3.8) is 0 Å². The van der Waals surface area contributed by atoms with E-state index >= 15 is 0 Å². The summed E-state index contributed by atoms with van der Waals surface area (Å²) in [5.41, 5.74) is 3.91. The Morgan fingerprint density at radius 1 is 1.03 bits per heavy atom. The number of hydrogen-bond acceptors (Lipinski definition) is 6. The highest BCUT2D eigenvalue weighted by Crippen LogP contribution is 2.37. The fourth-order valence-corrected chi connectivity index (χ4v) is 3.78. The lowest BCUT2D eigenvalue weighted by Gasteiger charge is -2.19. The lowest BCUT2D eigenvalue weighted by atomic mass is 9.91. The number of aliphatic hydroxyl groups is 3. The molecule has 2 heterocycles. The van der Waals surface area contributed by atoms with E-state index in [1.807, 2.05) is 51.1 Å². The molecule has 3 rings (SSSR count). The average molecular weight is 454 g/mol. The van der Waals surface area contributed by atoms with E-state index in [1.54, 1.807) is 18.2 Å². The lowest BCUT2D eigenvalue weighted by Crippen LogP contribution is -2.17. The van der Waals surface area contributed by atoms with E-state index in [1.165, 1.54) is 12.1 Å². The largest absolute Gasteiger partial charge is 0.396 e. The molecule has 1 aromatic carbocycles. The highest BCUT2D eigenvalue weighted by atomic mass is 19.1. The fourth-order valence-electron chi connectivity index (χ4n) is 3.78. The van der Waals surface area contributed by atoms with Crippen molar-refractivity contribution in [2.45, 2.75) is 44.8 Å². The molecule has 3 N–H and O–H groups in total. The van der Waals surface area contributed by atoms with Crippen LogP contribution in [0.2, 0.25) is 0 Å². The minimum Gasteiger partial charge on any atom is -0.396 e. The van der Waals surface area contributed by atoms with Crippen LogP contribution in [-0.2, 0) is 0 Å². The summed E-state index contributed by atoms with van der Waals surface area (Å²) in [6, 6.07) is 10.2. The normalized spacial score (nSPS) is 13.7. The van der Waals surface area contributed by atoms with E-state index in [-0.39, 0.29) is 31.2 Å². The quantitative estimate of drug-likeness (QED) is 0.451. The molecule has 0 aliphatic heterocycles. The number of benzene rings is 1. The summed E-state index contributed by atoms with van der Waals surface area (Å²) in [7, 11) is 3.84. The molecule has 2 atom stereocenters. The number of rotatable bonds is 9. The van der Waals surface area contributed by atoms with Gasteiger partial charge in [0.1, 0.15) is 11.6 Å². The maximum Gasteiger partial charge on any atom is 0.162 e. The summed E-state index contributed by atoms with van der Waals surface area (Å²) in [5, 5.41) is 30.2. The zero-order chi connectivity index (χ0) is 24.1. The van der Waals surface area contributed by atoms with E-state index in [0.29, 0.717) is 5.65 Å². The summed E-state index contributed by atoms with van der Waals surface area (Å²) in [5.74, 6) is 0.529. The standard InChI is InChI=1S/C26H32FN3O3/c1-16(2)25-21(10-9-19(32)15-20(33)13-14-31)24(17-5-7-18(27)8-6-17)22-11-12-23(30(3)4)28-26(22)29-25/h5-12,16,19-20,31-33H,13-15H2,1-4H3/b10-9+/t19-,20+/m1/s1. The molecule has 0 aliphatic rings. The van der Waals surface area contributed by atoms with E-state index in [2.05, 4.69) is 0 Å². The van der Waals surface area contributed by atoms with Crippen LogP contribution < -0.4 is 4.90 Å². The number of anilines is 1. The van der Waals surface area contributed by atoms with Gasteiger partial charge in [0, 0.05) is 43.6 Å².